The minimum absolute atomic E-state index is 0.0193. The molecule has 0 spiro atoms. The Bertz CT molecular complexity index is 482. The summed E-state index contributed by atoms with van der Waals surface area (Å²) >= 11 is 0. The smallest absolute Gasteiger partial charge is 0.326 e. The van der Waals surface area contributed by atoms with Crippen molar-refractivity contribution in [2.45, 2.75) is 32.7 Å². The minimum Gasteiger partial charge on any atom is -0.480 e. The Kier molecular flexibility index (Phi) is 6.45. The molecule has 1 heterocycles. The second-order valence-electron chi connectivity index (χ2n) is 5.11. The van der Waals surface area contributed by atoms with E-state index in [0.29, 0.717) is 12.0 Å². The third-order valence-electron chi connectivity index (χ3n) is 2.76. The lowest BCUT2D eigenvalue weighted by Gasteiger charge is -2.16. The molecule has 0 saturated carbocycles. The highest BCUT2D eigenvalue weighted by Crippen LogP contribution is 2.05. The van der Waals surface area contributed by atoms with E-state index in [0.717, 1.165) is 0 Å². The van der Waals surface area contributed by atoms with Gasteiger partial charge in [-0.05, 0) is 18.4 Å². The molecule has 0 fully saturated rings. The van der Waals surface area contributed by atoms with E-state index in [9.17, 15) is 14.4 Å². The van der Waals surface area contributed by atoms with Crippen molar-refractivity contribution in [3.63, 3.8) is 0 Å². The van der Waals surface area contributed by atoms with Crippen molar-refractivity contribution in [3.8, 4) is 0 Å². The molecule has 0 aliphatic heterocycles. The van der Waals surface area contributed by atoms with Crippen LogP contribution in [0.5, 0.6) is 0 Å². The van der Waals surface area contributed by atoms with E-state index >= 15 is 0 Å². The number of nitrogens with one attached hydrogen (secondary N) is 2. The molecular formula is C14H20N2O5. The summed E-state index contributed by atoms with van der Waals surface area (Å²) in [5.74, 6) is -1.64. The maximum Gasteiger partial charge on any atom is 0.326 e. The molecule has 7 nitrogen and oxygen atoms in total. The predicted octanol–water partition coefficient (Wildman–Crippen LogP) is 1.01. The van der Waals surface area contributed by atoms with Gasteiger partial charge in [0.05, 0.1) is 11.8 Å². The van der Waals surface area contributed by atoms with E-state index in [1.807, 2.05) is 13.8 Å². The molecule has 0 bridgehead atoms. The molecule has 1 atom stereocenters. The van der Waals surface area contributed by atoms with Crippen molar-refractivity contribution in [1.29, 1.82) is 0 Å². The van der Waals surface area contributed by atoms with E-state index in [2.05, 4.69) is 10.6 Å². The lowest BCUT2D eigenvalue weighted by atomic mass is 10.0. The van der Waals surface area contributed by atoms with Gasteiger partial charge in [-0.25, -0.2) is 4.79 Å². The third kappa shape index (κ3) is 6.11. The summed E-state index contributed by atoms with van der Waals surface area (Å²) < 4.78 is 4.77. The number of furan rings is 1. The average molecular weight is 296 g/mol. The Morgan fingerprint density at radius 3 is 2.57 bits per heavy atom. The maximum absolute atomic E-state index is 11.7. The van der Waals surface area contributed by atoms with Crippen LogP contribution in [0.25, 0.3) is 0 Å². The zero-order valence-corrected chi connectivity index (χ0v) is 12.1. The Hall–Kier alpha value is -2.31. The van der Waals surface area contributed by atoms with Crippen molar-refractivity contribution in [2.24, 2.45) is 5.92 Å². The van der Waals surface area contributed by atoms with E-state index in [-0.39, 0.29) is 24.8 Å². The fraction of sp³-hybridized carbons (Fsp3) is 0.500. The topological polar surface area (TPSA) is 109 Å². The lowest BCUT2D eigenvalue weighted by molar-refractivity contribution is -0.142. The first-order valence-corrected chi connectivity index (χ1v) is 6.72. The summed E-state index contributed by atoms with van der Waals surface area (Å²) in [5.41, 5.74) is 0.374. The summed E-state index contributed by atoms with van der Waals surface area (Å²) in [7, 11) is 0. The Labute approximate surface area is 122 Å². The summed E-state index contributed by atoms with van der Waals surface area (Å²) in [6.45, 7) is 3.89. The fourth-order valence-corrected chi connectivity index (χ4v) is 1.74. The molecule has 1 aromatic heterocycles. The van der Waals surface area contributed by atoms with Crippen molar-refractivity contribution >= 4 is 17.8 Å². The van der Waals surface area contributed by atoms with Crippen LogP contribution in [-0.4, -0.2) is 35.5 Å². The van der Waals surface area contributed by atoms with Crippen LogP contribution in [0, 0.1) is 5.92 Å². The van der Waals surface area contributed by atoms with Crippen LogP contribution in [0.4, 0.5) is 0 Å². The van der Waals surface area contributed by atoms with Gasteiger partial charge < -0.3 is 20.2 Å². The van der Waals surface area contributed by atoms with Gasteiger partial charge in [0.2, 0.25) is 5.91 Å². The Morgan fingerprint density at radius 2 is 2.05 bits per heavy atom. The number of carbonyl (C=O) groups is 3. The zero-order chi connectivity index (χ0) is 15.8. The first-order valence-electron chi connectivity index (χ1n) is 6.72. The summed E-state index contributed by atoms with van der Waals surface area (Å²) in [5, 5.41) is 14.0. The van der Waals surface area contributed by atoms with Crippen LogP contribution in [-0.2, 0) is 9.59 Å². The standard InChI is InChI=1S/C14H20N2O5/c1-9(2)7-11(14(19)20)16-12(17)3-5-15-13(18)10-4-6-21-8-10/h4,6,8-9,11H,3,5,7H2,1-2H3,(H,15,18)(H,16,17)(H,19,20)/t11-/m0/s1. The van der Waals surface area contributed by atoms with Gasteiger partial charge in [-0.2, -0.15) is 0 Å². The molecule has 116 valence electrons. The highest BCUT2D eigenvalue weighted by atomic mass is 16.4. The first-order chi connectivity index (χ1) is 9.90. The zero-order valence-electron chi connectivity index (χ0n) is 12.1. The number of carboxylic acid groups (broad SMARTS) is 1. The molecule has 0 aromatic carbocycles. The first kappa shape index (κ1) is 16.7. The largest absolute Gasteiger partial charge is 0.480 e. The van der Waals surface area contributed by atoms with Gasteiger partial charge in [0, 0.05) is 13.0 Å². The van der Waals surface area contributed by atoms with Crippen LogP contribution < -0.4 is 10.6 Å². The maximum atomic E-state index is 11.7. The number of rotatable bonds is 8. The molecule has 0 aliphatic carbocycles. The van der Waals surface area contributed by atoms with Gasteiger partial charge in [0.1, 0.15) is 12.3 Å². The number of aliphatic carboxylic acids is 1. The molecule has 7 heteroatoms. The number of hydrogen-bond acceptors (Lipinski definition) is 4. The van der Waals surface area contributed by atoms with E-state index < -0.39 is 17.9 Å². The minimum atomic E-state index is -1.06. The average Bonchev–Trinajstić information content (AvgIpc) is 2.91. The van der Waals surface area contributed by atoms with Crippen molar-refractivity contribution < 1.29 is 23.9 Å². The van der Waals surface area contributed by atoms with Gasteiger partial charge in [-0.1, -0.05) is 13.8 Å². The van der Waals surface area contributed by atoms with Crippen molar-refractivity contribution in [2.75, 3.05) is 6.54 Å². The Balaban J connectivity index is 2.32. The van der Waals surface area contributed by atoms with Crippen molar-refractivity contribution in [3.05, 3.63) is 24.2 Å². The van der Waals surface area contributed by atoms with Crippen LogP contribution in [0.2, 0.25) is 0 Å². The van der Waals surface area contributed by atoms with E-state index in [4.69, 9.17) is 9.52 Å². The van der Waals surface area contributed by atoms with Gasteiger partial charge in [0.15, 0.2) is 0 Å². The summed E-state index contributed by atoms with van der Waals surface area (Å²) in [6.07, 6.45) is 3.07. The molecule has 3 N–H and O–H groups in total. The SMILES string of the molecule is CC(C)C[C@H](NC(=O)CCNC(=O)c1ccoc1)C(=O)O. The van der Waals surface area contributed by atoms with Gasteiger partial charge in [0.25, 0.3) is 5.91 Å². The second-order valence-corrected chi connectivity index (χ2v) is 5.11. The second kappa shape index (κ2) is 8.08. The normalized spacial score (nSPS) is 12.0. The molecule has 0 unspecified atom stereocenters. The van der Waals surface area contributed by atoms with Crippen LogP contribution in [0.1, 0.15) is 37.0 Å². The van der Waals surface area contributed by atoms with E-state index in [1.165, 1.54) is 18.6 Å². The molecule has 0 saturated heterocycles. The van der Waals surface area contributed by atoms with Crippen LogP contribution >= 0.6 is 0 Å². The third-order valence-corrected chi connectivity index (χ3v) is 2.76. The van der Waals surface area contributed by atoms with Crippen LogP contribution in [0.15, 0.2) is 23.0 Å². The number of carbonyl (C=O) groups excluding carboxylic acids is 2. The summed E-state index contributed by atoms with van der Waals surface area (Å²) in [4.78, 5) is 34.2. The molecule has 0 aliphatic rings. The molecule has 0 radical (unpaired) electrons. The quantitative estimate of drug-likeness (QED) is 0.663. The van der Waals surface area contributed by atoms with E-state index in [1.54, 1.807) is 0 Å². The highest BCUT2D eigenvalue weighted by molar-refractivity contribution is 5.94. The Morgan fingerprint density at radius 1 is 1.33 bits per heavy atom. The summed E-state index contributed by atoms with van der Waals surface area (Å²) in [6, 6.07) is 0.612. The number of carboxylic acids is 1. The predicted molar refractivity (Wildman–Crippen MR) is 74.7 cm³/mol. The van der Waals surface area contributed by atoms with Gasteiger partial charge >= 0.3 is 5.97 Å². The molecule has 1 rings (SSSR count). The van der Waals surface area contributed by atoms with Gasteiger partial charge in [-0.3, -0.25) is 9.59 Å². The van der Waals surface area contributed by atoms with Crippen molar-refractivity contribution in [1.82, 2.24) is 10.6 Å². The molecule has 2 amide bonds. The van der Waals surface area contributed by atoms with Gasteiger partial charge in [-0.15, -0.1) is 0 Å². The number of hydrogen-bond donors (Lipinski definition) is 3. The highest BCUT2D eigenvalue weighted by Gasteiger charge is 2.20. The molecule has 1 aromatic rings. The number of amides is 2. The fourth-order valence-electron chi connectivity index (χ4n) is 1.74. The molecule has 21 heavy (non-hydrogen) atoms. The lowest BCUT2D eigenvalue weighted by Crippen LogP contribution is -2.42. The monoisotopic (exact) mass is 296 g/mol. The van der Waals surface area contributed by atoms with Crippen LogP contribution in [0.3, 0.4) is 0 Å². The molecular weight excluding hydrogens is 276 g/mol.